The Morgan fingerprint density at radius 1 is 0.739 bits per heavy atom. The summed E-state index contributed by atoms with van der Waals surface area (Å²) in [5.74, 6) is 0. The predicted octanol–water partition coefficient (Wildman–Crippen LogP) is 4.71. The number of rotatable bonds is 0. The summed E-state index contributed by atoms with van der Waals surface area (Å²) < 4.78 is 0. The van der Waals surface area contributed by atoms with Crippen molar-refractivity contribution in [2.24, 2.45) is 0 Å². The van der Waals surface area contributed by atoms with Crippen molar-refractivity contribution in [3.8, 4) is 0 Å². The second kappa shape index (κ2) is 4.62. The number of hydrogen-bond acceptors (Lipinski definition) is 4. The summed E-state index contributed by atoms with van der Waals surface area (Å²) in [5.41, 5.74) is 5.42. The highest BCUT2D eigenvalue weighted by atomic mass is 35.5. The van der Waals surface area contributed by atoms with Gasteiger partial charge in [0.1, 0.15) is 5.66 Å². The molecule has 4 nitrogen and oxygen atoms in total. The van der Waals surface area contributed by atoms with Crippen LogP contribution in [0.1, 0.15) is 13.8 Å². The summed E-state index contributed by atoms with van der Waals surface area (Å²) >= 11 is 12.2. The average molecular weight is 347 g/mol. The SMILES string of the molecule is CN1c2cc3nc4cc(Cl)c(Cl)cc4nc3cc2N(C)C1(C)C. The lowest BCUT2D eigenvalue weighted by atomic mass is 10.2. The third kappa shape index (κ3) is 1.98. The lowest BCUT2D eigenvalue weighted by Gasteiger charge is -2.36. The molecular weight excluding hydrogens is 331 g/mol. The highest BCUT2D eigenvalue weighted by Crippen LogP contribution is 2.44. The zero-order valence-corrected chi connectivity index (χ0v) is 14.9. The minimum atomic E-state index is -0.0915. The molecule has 0 N–H and O–H groups in total. The van der Waals surface area contributed by atoms with Crippen LogP contribution in [0, 0.1) is 0 Å². The molecule has 0 bridgehead atoms. The van der Waals surface area contributed by atoms with E-state index in [2.05, 4.69) is 49.9 Å². The van der Waals surface area contributed by atoms with Gasteiger partial charge in [0.05, 0.1) is 43.5 Å². The molecule has 2 aromatic carbocycles. The molecule has 0 saturated carbocycles. The molecule has 1 aliphatic heterocycles. The van der Waals surface area contributed by atoms with E-state index in [-0.39, 0.29) is 5.66 Å². The van der Waals surface area contributed by atoms with Crippen LogP contribution in [0.15, 0.2) is 24.3 Å². The van der Waals surface area contributed by atoms with E-state index < -0.39 is 0 Å². The zero-order valence-electron chi connectivity index (χ0n) is 13.4. The third-order valence-electron chi connectivity index (χ3n) is 4.94. The first-order valence-corrected chi connectivity index (χ1v) is 8.13. The molecule has 118 valence electrons. The van der Waals surface area contributed by atoms with Crippen molar-refractivity contribution in [1.82, 2.24) is 9.97 Å². The van der Waals surface area contributed by atoms with Crippen LogP contribution in [-0.4, -0.2) is 29.7 Å². The fourth-order valence-corrected chi connectivity index (χ4v) is 3.37. The largest absolute Gasteiger partial charge is 0.350 e. The highest BCUT2D eigenvalue weighted by molar-refractivity contribution is 6.42. The second-order valence-corrected chi connectivity index (χ2v) is 7.24. The van der Waals surface area contributed by atoms with Gasteiger partial charge in [-0.3, -0.25) is 0 Å². The molecule has 0 aliphatic carbocycles. The summed E-state index contributed by atoms with van der Waals surface area (Å²) in [6.07, 6.45) is 0. The highest BCUT2D eigenvalue weighted by Gasteiger charge is 2.38. The van der Waals surface area contributed by atoms with E-state index in [0.717, 1.165) is 33.4 Å². The standard InChI is InChI=1S/C17H16Cl2N4/c1-17(2)22(3)15-7-13-14(8-16(15)23(17)4)21-12-6-10(19)9(18)5-11(12)20-13/h5-8H,1-4H3. The van der Waals surface area contributed by atoms with Crippen molar-refractivity contribution in [2.45, 2.75) is 19.5 Å². The van der Waals surface area contributed by atoms with Crippen LogP contribution in [0.2, 0.25) is 10.0 Å². The molecule has 0 atom stereocenters. The summed E-state index contributed by atoms with van der Waals surface area (Å²) in [6.45, 7) is 4.38. The van der Waals surface area contributed by atoms with Crippen LogP contribution in [0.3, 0.4) is 0 Å². The predicted molar refractivity (Wildman–Crippen MR) is 97.9 cm³/mol. The average Bonchev–Trinajstić information content (AvgIpc) is 2.66. The van der Waals surface area contributed by atoms with E-state index >= 15 is 0 Å². The smallest absolute Gasteiger partial charge is 0.106 e. The van der Waals surface area contributed by atoms with Crippen LogP contribution >= 0.6 is 23.2 Å². The number of anilines is 2. The van der Waals surface area contributed by atoms with E-state index in [9.17, 15) is 0 Å². The Kier molecular flexibility index (Phi) is 2.97. The summed E-state index contributed by atoms with van der Waals surface area (Å²) in [5, 5.41) is 0.985. The maximum Gasteiger partial charge on any atom is 0.106 e. The first-order chi connectivity index (χ1) is 10.8. The van der Waals surface area contributed by atoms with Crippen molar-refractivity contribution >= 4 is 56.6 Å². The molecule has 6 heteroatoms. The van der Waals surface area contributed by atoms with Gasteiger partial charge in [0, 0.05) is 14.1 Å². The topological polar surface area (TPSA) is 32.3 Å². The van der Waals surface area contributed by atoms with Crippen LogP contribution < -0.4 is 9.80 Å². The van der Waals surface area contributed by atoms with Crippen LogP contribution in [-0.2, 0) is 0 Å². The van der Waals surface area contributed by atoms with Gasteiger partial charge >= 0.3 is 0 Å². The van der Waals surface area contributed by atoms with Crippen molar-refractivity contribution in [1.29, 1.82) is 0 Å². The molecule has 0 spiro atoms. The van der Waals surface area contributed by atoms with Gasteiger partial charge in [-0.05, 0) is 38.1 Å². The van der Waals surface area contributed by atoms with Gasteiger partial charge in [-0.25, -0.2) is 9.97 Å². The number of hydrogen-bond donors (Lipinski definition) is 0. The Morgan fingerprint density at radius 2 is 1.09 bits per heavy atom. The minimum absolute atomic E-state index is 0.0915. The van der Waals surface area contributed by atoms with Gasteiger partial charge in [0.15, 0.2) is 0 Å². The van der Waals surface area contributed by atoms with Crippen molar-refractivity contribution in [3.05, 3.63) is 34.3 Å². The Hall–Kier alpha value is -1.78. The fourth-order valence-electron chi connectivity index (χ4n) is 3.05. The molecule has 0 fully saturated rings. The first kappa shape index (κ1) is 14.8. The molecule has 0 unspecified atom stereocenters. The Bertz CT molecular complexity index is 892. The summed E-state index contributed by atoms with van der Waals surface area (Å²) in [7, 11) is 4.19. The summed E-state index contributed by atoms with van der Waals surface area (Å²) in [6, 6.07) is 7.70. The molecule has 0 saturated heterocycles. The lowest BCUT2D eigenvalue weighted by molar-refractivity contribution is 0.505. The van der Waals surface area contributed by atoms with E-state index in [1.807, 2.05) is 0 Å². The summed E-state index contributed by atoms with van der Waals surface area (Å²) in [4.78, 5) is 13.9. The first-order valence-electron chi connectivity index (χ1n) is 7.37. The molecular formula is C17H16Cl2N4. The van der Waals surface area contributed by atoms with E-state index in [4.69, 9.17) is 33.2 Å². The number of benzene rings is 2. The molecule has 23 heavy (non-hydrogen) atoms. The third-order valence-corrected chi connectivity index (χ3v) is 5.66. The Labute approximate surface area is 144 Å². The number of nitrogens with zero attached hydrogens (tertiary/aromatic N) is 4. The molecule has 2 heterocycles. The molecule has 0 amide bonds. The Morgan fingerprint density at radius 3 is 1.48 bits per heavy atom. The van der Waals surface area contributed by atoms with E-state index in [1.54, 1.807) is 12.1 Å². The van der Waals surface area contributed by atoms with Gasteiger partial charge in [-0.2, -0.15) is 0 Å². The second-order valence-electron chi connectivity index (χ2n) is 6.42. The number of halogens is 2. The van der Waals surface area contributed by atoms with E-state index in [1.165, 1.54) is 0 Å². The molecule has 1 aromatic heterocycles. The fraction of sp³-hybridized carbons (Fsp3) is 0.294. The van der Waals surface area contributed by atoms with Gasteiger partial charge < -0.3 is 9.80 Å². The van der Waals surface area contributed by atoms with Crippen molar-refractivity contribution < 1.29 is 0 Å². The van der Waals surface area contributed by atoms with Crippen LogP contribution in [0.5, 0.6) is 0 Å². The van der Waals surface area contributed by atoms with Gasteiger partial charge in [-0.1, -0.05) is 23.2 Å². The zero-order chi connectivity index (χ0) is 16.5. The quantitative estimate of drug-likeness (QED) is 0.551. The monoisotopic (exact) mass is 346 g/mol. The normalized spacial score (nSPS) is 16.4. The van der Waals surface area contributed by atoms with Crippen LogP contribution in [0.4, 0.5) is 11.4 Å². The lowest BCUT2D eigenvalue weighted by Crippen LogP contribution is -2.48. The van der Waals surface area contributed by atoms with Gasteiger partial charge in [0.25, 0.3) is 0 Å². The van der Waals surface area contributed by atoms with Crippen LogP contribution in [0.25, 0.3) is 22.1 Å². The van der Waals surface area contributed by atoms with Gasteiger partial charge in [0.2, 0.25) is 0 Å². The van der Waals surface area contributed by atoms with E-state index in [0.29, 0.717) is 10.0 Å². The van der Waals surface area contributed by atoms with Crippen molar-refractivity contribution in [2.75, 3.05) is 23.9 Å². The molecule has 4 rings (SSSR count). The minimum Gasteiger partial charge on any atom is -0.350 e. The molecule has 3 aromatic rings. The van der Waals surface area contributed by atoms with Gasteiger partial charge in [-0.15, -0.1) is 0 Å². The molecule has 0 radical (unpaired) electrons. The Balaban J connectivity index is 2.03. The maximum absolute atomic E-state index is 6.10. The van der Waals surface area contributed by atoms with Crippen molar-refractivity contribution in [3.63, 3.8) is 0 Å². The number of aromatic nitrogens is 2. The number of fused-ring (bicyclic) bond motifs is 3. The molecule has 1 aliphatic rings. The maximum atomic E-state index is 6.10.